The molecule has 1 N–H and O–H groups in total. The molecule has 2 aromatic carbocycles. The van der Waals surface area contributed by atoms with E-state index in [1.165, 1.54) is 37.6 Å². The highest BCUT2D eigenvalue weighted by Crippen LogP contribution is 2.23. The lowest BCUT2D eigenvalue weighted by atomic mass is 9.91. The number of piperidine rings is 1. The van der Waals surface area contributed by atoms with Gasteiger partial charge in [0, 0.05) is 13.1 Å². The molecule has 0 aliphatic carbocycles. The zero-order valence-corrected chi connectivity index (χ0v) is 16.5. The Balaban J connectivity index is 1.52. The molecule has 1 aliphatic rings. The number of likely N-dealkylation sites (tertiary alicyclic amines) is 1. The standard InChI is InChI=1S/C21H27FN2O2S/c1-23-27(25,26)21-12-8-19(9-13-21)16-24-14-2-3-18(15-24)5-4-17-6-10-20(22)11-7-17/h6-13,18,23H,2-5,14-16H2,1H3. The molecule has 1 saturated heterocycles. The van der Waals surface area contributed by atoms with Crippen LogP contribution in [0.5, 0.6) is 0 Å². The summed E-state index contributed by atoms with van der Waals surface area (Å²) in [5, 5.41) is 0. The summed E-state index contributed by atoms with van der Waals surface area (Å²) < 4.78 is 39.0. The molecule has 2 aromatic rings. The van der Waals surface area contributed by atoms with Crippen molar-refractivity contribution in [2.24, 2.45) is 5.92 Å². The molecule has 0 radical (unpaired) electrons. The molecule has 1 aliphatic heterocycles. The van der Waals surface area contributed by atoms with Crippen molar-refractivity contribution < 1.29 is 12.8 Å². The van der Waals surface area contributed by atoms with E-state index in [1.54, 1.807) is 12.1 Å². The van der Waals surface area contributed by atoms with Crippen molar-refractivity contribution in [3.63, 3.8) is 0 Å². The van der Waals surface area contributed by atoms with E-state index in [2.05, 4.69) is 9.62 Å². The van der Waals surface area contributed by atoms with Gasteiger partial charge in [-0.05, 0) is 80.6 Å². The molecule has 1 atom stereocenters. The minimum Gasteiger partial charge on any atom is -0.299 e. The Morgan fingerprint density at radius 2 is 1.74 bits per heavy atom. The molecule has 3 rings (SSSR count). The first-order valence-electron chi connectivity index (χ1n) is 9.45. The fourth-order valence-electron chi connectivity index (χ4n) is 3.70. The van der Waals surface area contributed by atoms with Crippen LogP contribution < -0.4 is 4.72 Å². The van der Waals surface area contributed by atoms with Crippen molar-refractivity contribution in [2.45, 2.75) is 37.1 Å². The first-order valence-corrected chi connectivity index (χ1v) is 10.9. The third kappa shape index (κ3) is 5.61. The van der Waals surface area contributed by atoms with Crippen molar-refractivity contribution in [3.05, 3.63) is 65.5 Å². The van der Waals surface area contributed by atoms with Gasteiger partial charge in [0.05, 0.1) is 4.90 Å². The third-order valence-corrected chi connectivity index (χ3v) is 6.70. The average molecular weight is 391 g/mol. The SMILES string of the molecule is CNS(=O)(=O)c1ccc(CN2CCCC(CCc3ccc(F)cc3)C2)cc1. The highest BCUT2D eigenvalue weighted by molar-refractivity contribution is 7.89. The van der Waals surface area contributed by atoms with Crippen LogP contribution in [-0.4, -0.2) is 33.5 Å². The van der Waals surface area contributed by atoms with Gasteiger partial charge in [0.25, 0.3) is 0 Å². The summed E-state index contributed by atoms with van der Waals surface area (Å²) >= 11 is 0. The van der Waals surface area contributed by atoms with Crippen molar-refractivity contribution in [1.29, 1.82) is 0 Å². The number of halogens is 1. The maximum absolute atomic E-state index is 13.0. The van der Waals surface area contributed by atoms with E-state index in [1.807, 2.05) is 24.3 Å². The Kier molecular flexibility index (Phi) is 6.63. The predicted octanol–water partition coefficient (Wildman–Crippen LogP) is 3.58. The molecule has 0 bridgehead atoms. The summed E-state index contributed by atoms with van der Waals surface area (Å²) in [4.78, 5) is 2.74. The van der Waals surface area contributed by atoms with Crippen LogP contribution >= 0.6 is 0 Å². The van der Waals surface area contributed by atoms with Gasteiger partial charge in [0.2, 0.25) is 10.0 Å². The lowest BCUT2D eigenvalue weighted by Crippen LogP contribution is -2.35. The Hall–Kier alpha value is -1.76. The van der Waals surface area contributed by atoms with Gasteiger partial charge in [-0.3, -0.25) is 4.90 Å². The van der Waals surface area contributed by atoms with E-state index in [-0.39, 0.29) is 5.82 Å². The van der Waals surface area contributed by atoms with Gasteiger partial charge < -0.3 is 0 Å². The number of hydrogen-bond acceptors (Lipinski definition) is 3. The Morgan fingerprint density at radius 3 is 2.41 bits per heavy atom. The first kappa shape index (κ1) is 20.0. The molecule has 0 amide bonds. The number of hydrogen-bond donors (Lipinski definition) is 1. The topological polar surface area (TPSA) is 49.4 Å². The zero-order valence-electron chi connectivity index (χ0n) is 15.7. The molecular weight excluding hydrogens is 363 g/mol. The van der Waals surface area contributed by atoms with E-state index in [0.29, 0.717) is 10.8 Å². The molecule has 0 saturated carbocycles. The molecule has 0 aromatic heterocycles. The van der Waals surface area contributed by atoms with Gasteiger partial charge in [-0.25, -0.2) is 17.5 Å². The van der Waals surface area contributed by atoms with Crippen molar-refractivity contribution in [3.8, 4) is 0 Å². The van der Waals surface area contributed by atoms with Crippen LogP contribution in [-0.2, 0) is 23.0 Å². The molecule has 1 unspecified atom stereocenters. The van der Waals surface area contributed by atoms with Crippen molar-refractivity contribution >= 4 is 10.0 Å². The summed E-state index contributed by atoms with van der Waals surface area (Å²) in [5.41, 5.74) is 2.32. The largest absolute Gasteiger partial charge is 0.299 e. The molecule has 6 heteroatoms. The molecule has 27 heavy (non-hydrogen) atoms. The number of sulfonamides is 1. The van der Waals surface area contributed by atoms with Gasteiger partial charge in [0.15, 0.2) is 0 Å². The van der Waals surface area contributed by atoms with Crippen LogP contribution in [0, 0.1) is 11.7 Å². The first-order chi connectivity index (χ1) is 13.0. The van der Waals surface area contributed by atoms with Crippen LogP contribution in [0.25, 0.3) is 0 Å². The van der Waals surface area contributed by atoms with Gasteiger partial charge >= 0.3 is 0 Å². The van der Waals surface area contributed by atoms with E-state index in [9.17, 15) is 12.8 Å². The average Bonchev–Trinajstić information content (AvgIpc) is 2.68. The second kappa shape index (κ2) is 8.95. The zero-order chi connectivity index (χ0) is 19.3. The third-order valence-electron chi connectivity index (χ3n) is 5.27. The Labute approximate surface area is 161 Å². The number of nitrogens with one attached hydrogen (secondary N) is 1. The van der Waals surface area contributed by atoms with Crippen LogP contribution in [0.1, 0.15) is 30.4 Å². The fraction of sp³-hybridized carbons (Fsp3) is 0.429. The van der Waals surface area contributed by atoms with Crippen LogP contribution in [0.3, 0.4) is 0 Å². The van der Waals surface area contributed by atoms with Crippen LogP contribution in [0.4, 0.5) is 4.39 Å². The smallest absolute Gasteiger partial charge is 0.240 e. The van der Waals surface area contributed by atoms with Crippen molar-refractivity contribution in [2.75, 3.05) is 20.1 Å². The number of nitrogens with zero attached hydrogens (tertiary/aromatic N) is 1. The fourth-order valence-corrected chi connectivity index (χ4v) is 4.43. The van der Waals surface area contributed by atoms with E-state index >= 15 is 0 Å². The van der Waals surface area contributed by atoms with E-state index < -0.39 is 10.0 Å². The van der Waals surface area contributed by atoms with Crippen molar-refractivity contribution in [1.82, 2.24) is 9.62 Å². The van der Waals surface area contributed by atoms with Crippen LogP contribution in [0.2, 0.25) is 0 Å². The monoisotopic (exact) mass is 390 g/mol. The molecule has 1 fully saturated rings. The maximum atomic E-state index is 13.0. The van der Waals surface area contributed by atoms with Gasteiger partial charge in [0.1, 0.15) is 5.82 Å². The van der Waals surface area contributed by atoms with Gasteiger partial charge in [-0.1, -0.05) is 24.3 Å². The number of rotatable bonds is 7. The molecule has 0 spiro atoms. The molecule has 146 valence electrons. The van der Waals surface area contributed by atoms with E-state index in [0.717, 1.165) is 38.0 Å². The number of aryl methyl sites for hydroxylation is 1. The lowest BCUT2D eigenvalue weighted by Gasteiger charge is -2.33. The maximum Gasteiger partial charge on any atom is 0.240 e. The molecular formula is C21H27FN2O2S. The van der Waals surface area contributed by atoms with Gasteiger partial charge in [-0.15, -0.1) is 0 Å². The summed E-state index contributed by atoms with van der Waals surface area (Å²) in [6.07, 6.45) is 4.51. The van der Waals surface area contributed by atoms with Gasteiger partial charge in [-0.2, -0.15) is 0 Å². The Morgan fingerprint density at radius 1 is 1.07 bits per heavy atom. The minimum atomic E-state index is -3.38. The van der Waals surface area contributed by atoms with E-state index in [4.69, 9.17) is 0 Å². The summed E-state index contributed by atoms with van der Waals surface area (Å²) in [6.45, 7) is 2.97. The lowest BCUT2D eigenvalue weighted by molar-refractivity contribution is 0.162. The minimum absolute atomic E-state index is 0.184. The second-order valence-electron chi connectivity index (χ2n) is 7.26. The quantitative estimate of drug-likeness (QED) is 0.786. The highest BCUT2D eigenvalue weighted by Gasteiger charge is 2.20. The predicted molar refractivity (Wildman–Crippen MR) is 105 cm³/mol. The number of benzene rings is 2. The molecule has 4 nitrogen and oxygen atoms in total. The normalized spacial score (nSPS) is 18.5. The summed E-state index contributed by atoms with van der Waals surface area (Å²) in [5.74, 6) is 0.462. The molecule has 1 heterocycles. The second-order valence-corrected chi connectivity index (χ2v) is 9.15. The highest BCUT2D eigenvalue weighted by atomic mass is 32.2. The summed E-state index contributed by atoms with van der Waals surface area (Å²) in [6, 6.07) is 13.9. The Bertz CT molecular complexity index is 835. The van der Waals surface area contributed by atoms with Crippen LogP contribution in [0.15, 0.2) is 53.4 Å². The summed E-state index contributed by atoms with van der Waals surface area (Å²) in [7, 11) is -1.96.